The number of hydrogen-bond acceptors (Lipinski definition) is 6. The van der Waals surface area contributed by atoms with Crippen LogP contribution >= 0.6 is 0 Å². The molecule has 2 rings (SSSR count). The maximum Gasteiger partial charge on any atom is 0.273 e. The number of para-hydroxylation sites is 2. The lowest BCUT2D eigenvalue weighted by Gasteiger charge is -2.23. The second-order valence-corrected chi connectivity index (χ2v) is 11.3. The summed E-state index contributed by atoms with van der Waals surface area (Å²) in [6.45, 7) is 8.02. The lowest BCUT2D eigenvalue weighted by atomic mass is 9.87. The average molecular weight is 611 g/mol. The molecule has 2 atom stereocenters. The van der Waals surface area contributed by atoms with Gasteiger partial charge in [0.25, 0.3) is 11.8 Å². The van der Waals surface area contributed by atoms with Crippen molar-refractivity contribution in [3.05, 3.63) is 58.7 Å². The molecule has 0 spiro atoms. The summed E-state index contributed by atoms with van der Waals surface area (Å²) in [6.07, 6.45) is 8.41. The van der Waals surface area contributed by atoms with Crippen LogP contribution in [0.25, 0.3) is 0 Å². The predicted octanol–water partition coefficient (Wildman–Crippen LogP) is 5.62. The van der Waals surface area contributed by atoms with E-state index in [9.17, 15) is 29.4 Å². The van der Waals surface area contributed by atoms with Gasteiger partial charge in [0.05, 0.1) is 11.1 Å². The minimum Gasteiger partial charge on any atom is -0.507 e. The van der Waals surface area contributed by atoms with Crippen molar-refractivity contribution in [2.75, 3.05) is 0 Å². The van der Waals surface area contributed by atoms with Crippen LogP contribution in [0.15, 0.2) is 36.4 Å². The molecule has 0 aliphatic heterocycles. The summed E-state index contributed by atoms with van der Waals surface area (Å²) in [5.74, 6) is -3.47. The standard InChI is InChI=1S/C34H50N4O6/c1-5-9-15-23-18-12-20-27(29(23)39)33(43)37-35-31(41)25(14-8-4)22-26(17-11-7-3)32(42)36-38-34(44)28-21-13-19-24(30(28)40)16-10-6-2/h12-13,18-21,25-26,39-40H,5-11,14-17,22H2,1-4H3,(H,35,41)(H,36,42)(H,37,43)(H,38,44). The molecule has 0 bridgehead atoms. The Labute approximate surface area is 261 Å². The van der Waals surface area contributed by atoms with Crippen molar-refractivity contribution >= 4 is 23.6 Å². The number of phenolic OH excluding ortho intramolecular Hbond substituents is 2. The van der Waals surface area contributed by atoms with Crippen molar-refractivity contribution in [1.29, 1.82) is 0 Å². The smallest absolute Gasteiger partial charge is 0.273 e. The average Bonchev–Trinajstić information content (AvgIpc) is 3.02. The Morgan fingerprint density at radius 3 is 1.43 bits per heavy atom. The van der Waals surface area contributed by atoms with Gasteiger partial charge >= 0.3 is 0 Å². The van der Waals surface area contributed by atoms with E-state index in [2.05, 4.69) is 21.7 Å². The van der Waals surface area contributed by atoms with Crippen LogP contribution < -0.4 is 21.7 Å². The molecule has 0 heterocycles. The SMILES string of the molecule is CCCCc1cccc(C(=O)NNC(=O)C(CCC)CC(CCCC)C(=O)NNC(=O)c2cccc(CCCC)c2O)c1O. The van der Waals surface area contributed by atoms with Crippen molar-refractivity contribution in [3.63, 3.8) is 0 Å². The predicted molar refractivity (Wildman–Crippen MR) is 171 cm³/mol. The fourth-order valence-corrected chi connectivity index (χ4v) is 5.12. The van der Waals surface area contributed by atoms with Gasteiger partial charge in [-0.3, -0.25) is 40.9 Å². The number of unbranched alkanes of at least 4 members (excludes halogenated alkanes) is 3. The highest BCUT2D eigenvalue weighted by Crippen LogP contribution is 2.26. The van der Waals surface area contributed by atoms with E-state index in [1.807, 2.05) is 27.7 Å². The van der Waals surface area contributed by atoms with Crippen molar-refractivity contribution in [2.24, 2.45) is 11.8 Å². The number of phenols is 2. The van der Waals surface area contributed by atoms with Crippen molar-refractivity contribution < 1.29 is 29.4 Å². The number of carbonyl (C=O) groups excluding carboxylic acids is 4. The summed E-state index contributed by atoms with van der Waals surface area (Å²) < 4.78 is 0. The van der Waals surface area contributed by atoms with E-state index in [0.29, 0.717) is 43.2 Å². The van der Waals surface area contributed by atoms with Crippen LogP contribution in [-0.4, -0.2) is 33.8 Å². The number of aryl methyl sites for hydroxylation is 2. The van der Waals surface area contributed by atoms with Gasteiger partial charge in [-0.2, -0.15) is 0 Å². The molecule has 0 saturated heterocycles. The molecule has 2 aromatic carbocycles. The Bertz CT molecular complexity index is 1250. The molecular weight excluding hydrogens is 560 g/mol. The van der Waals surface area contributed by atoms with Crippen LogP contribution in [0.2, 0.25) is 0 Å². The topological polar surface area (TPSA) is 157 Å². The summed E-state index contributed by atoms with van der Waals surface area (Å²) in [4.78, 5) is 52.0. The van der Waals surface area contributed by atoms with Crippen LogP contribution in [0.3, 0.4) is 0 Å². The third kappa shape index (κ3) is 10.9. The Hall–Kier alpha value is -4.08. The molecule has 0 radical (unpaired) electrons. The highest BCUT2D eigenvalue weighted by Gasteiger charge is 2.28. The molecule has 0 fully saturated rings. The Morgan fingerprint density at radius 1 is 0.591 bits per heavy atom. The van der Waals surface area contributed by atoms with E-state index in [4.69, 9.17) is 0 Å². The normalized spacial score (nSPS) is 12.2. The maximum absolute atomic E-state index is 13.2. The van der Waals surface area contributed by atoms with Gasteiger partial charge in [-0.05, 0) is 68.2 Å². The zero-order valence-corrected chi connectivity index (χ0v) is 26.6. The zero-order valence-electron chi connectivity index (χ0n) is 26.6. The van der Waals surface area contributed by atoms with Crippen LogP contribution in [-0.2, 0) is 22.4 Å². The molecule has 2 unspecified atom stereocenters. The Kier molecular flexibility index (Phi) is 15.8. The second kappa shape index (κ2) is 19.2. The van der Waals surface area contributed by atoms with Crippen LogP contribution in [0.1, 0.15) is 124 Å². The number of amides is 4. The summed E-state index contributed by atoms with van der Waals surface area (Å²) in [5, 5.41) is 21.1. The Morgan fingerprint density at radius 2 is 1.02 bits per heavy atom. The van der Waals surface area contributed by atoms with Gasteiger partial charge in [0.2, 0.25) is 11.8 Å². The van der Waals surface area contributed by atoms with E-state index in [-0.39, 0.29) is 29.0 Å². The van der Waals surface area contributed by atoms with Crippen LogP contribution in [0.5, 0.6) is 11.5 Å². The zero-order chi connectivity index (χ0) is 32.5. The molecule has 0 aliphatic rings. The van der Waals surface area contributed by atoms with Gasteiger partial charge in [-0.15, -0.1) is 0 Å². The minimum atomic E-state index is -0.630. The highest BCUT2D eigenvalue weighted by atomic mass is 16.3. The van der Waals surface area contributed by atoms with E-state index in [1.165, 1.54) is 12.1 Å². The van der Waals surface area contributed by atoms with E-state index < -0.39 is 35.5 Å². The fraction of sp³-hybridized carbons (Fsp3) is 0.529. The number of aromatic hydroxyl groups is 2. The van der Waals surface area contributed by atoms with Gasteiger partial charge in [-0.25, -0.2) is 0 Å². The molecule has 0 saturated carbocycles. The first-order valence-corrected chi connectivity index (χ1v) is 16.0. The summed E-state index contributed by atoms with van der Waals surface area (Å²) in [6, 6.07) is 9.93. The molecule has 242 valence electrons. The highest BCUT2D eigenvalue weighted by molar-refractivity contribution is 5.99. The summed E-state index contributed by atoms with van der Waals surface area (Å²) >= 11 is 0. The van der Waals surface area contributed by atoms with E-state index >= 15 is 0 Å². The lowest BCUT2D eigenvalue weighted by molar-refractivity contribution is -0.129. The number of benzene rings is 2. The molecule has 10 nitrogen and oxygen atoms in total. The molecule has 0 aliphatic carbocycles. The molecule has 10 heteroatoms. The first kappa shape index (κ1) is 36.1. The molecular formula is C34H50N4O6. The third-order valence-electron chi connectivity index (χ3n) is 7.78. The molecule has 2 aromatic rings. The van der Waals surface area contributed by atoms with Gasteiger partial charge < -0.3 is 10.2 Å². The maximum atomic E-state index is 13.2. The van der Waals surface area contributed by atoms with Crippen molar-refractivity contribution in [2.45, 2.75) is 105 Å². The first-order valence-electron chi connectivity index (χ1n) is 16.0. The van der Waals surface area contributed by atoms with Gasteiger partial charge in [0.15, 0.2) is 0 Å². The quantitative estimate of drug-likeness (QED) is 0.128. The minimum absolute atomic E-state index is 0.0730. The Balaban J connectivity index is 2.06. The summed E-state index contributed by atoms with van der Waals surface area (Å²) in [5.41, 5.74) is 11.3. The van der Waals surface area contributed by atoms with Crippen molar-refractivity contribution in [1.82, 2.24) is 21.7 Å². The first-order chi connectivity index (χ1) is 21.2. The molecule has 0 aromatic heterocycles. The molecule has 4 amide bonds. The molecule has 44 heavy (non-hydrogen) atoms. The number of nitrogens with one attached hydrogen (secondary N) is 4. The van der Waals surface area contributed by atoms with Crippen molar-refractivity contribution in [3.8, 4) is 11.5 Å². The van der Waals surface area contributed by atoms with Gasteiger partial charge in [-0.1, -0.05) is 84.1 Å². The van der Waals surface area contributed by atoms with E-state index in [1.54, 1.807) is 24.3 Å². The number of hydrogen-bond donors (Lipinski definition) is 6. The fourth-order valence-electron chi connectivity index (χ4n) is 5.12. The van der Waals surface area contributed by atoms with Crippen LogP contribution in [0, 0.1) is 11.8 Å². The lowest BCUT2D eigenvalue weighted by Crippen LogP contribution is -2.47. The van der Waals surface area contributed by atoms with Gasteiger partial charge in [0.1, 0.15) is 11.5 Å². The number of rotatable bonds is 17. The molecule has 6 N–H and O–H groups in total. The summed E-state index contributed by atoms with van der Waals surface area (Å²) in [7, 11) is 0. The largest absolute Gasteiger partial charge is 0.507 e. The monoisotopic (exact) mass is 610 g/mol. The van der Waals surface area contributed by atoms with Crippen LogP contribution in [0.4, 0.5) is 0 Å². The second-order valence-electron chi connectivity index (χ2n) is 11.3. The number of carbonyl (C=O) groups is 4. The van der Waals surface area contributed by atoms with Gasteiger partial charge in [0, 0.05) is 11.8 Å². The third-order valence-corrected chi connectivity index (χ3v) is 7.78. The van der Waals surface area contributed by atoms with E-state index in [0.717, 1.165) is 38.5 Å². The number of hydrazine groups is 2.